The van der Waals surface area contributed by atoms with Gasteiger partial charge in [-0.1, -0.05) is 0 Å². The lowest BCUT2D eigenvalue weighted by molar-refractivity contribution is -0.129. The number of carboxylic acid groups (broad SMARTS) is 1. The van der Waals surface area contributed by atoms with Crippen molar-refractivity contribution < 1.29 is 19.5 Å². The van der Waals surface area contributed by atoms with E-state index in [-0.39, 0.29) is 36.0 Å². The van der Waals surface area contributed by atoms with E-state index in [0.29, 0.717) is 6.42 Å². The van der Waals surface area contributed by atoms with Gasteiger partial charge in [0.2, 0.25) is 11.8 Å². The van der Waals surface area contributed by atoms with E-state index < -0.39 is 5.97 Å². The summed E-state index contributed by atoms with van der Waals surface area (Å²) >= 11 is 0. The van der Waals surface area contributed by atoms with Crippen LogP contribution in [0, 0.1) is 0 Å². The summed E-state index contributed by atoms with van der Waals surface area (Å²) in [5.74, 6) is -1.94. The number of amides is 2. The van der Waals surface area contributed by atoms with Gasteiger partial charge < -0.3 is 5.11 Å². The van der Waals surface area contributed by atoms with Crippen LogP contribution in [0.15, 0.2) is 6.20 Å². The van der Waals surface area contributed by atoms with Crippen LogP contribution >= 0.6 is 0 Å². The monoisotopic (exact) mass is 237 g/mol. The number of aromatic nitrogens is 2. The van der Waals surface area contributed by atoms with Gasteiger partial charge in [-0.2, -0.15) is 5.10 Å². The van der Waals surface area contributed by atoms with Gasteiger partial charge in [0.25, 0.3) is 0 Å². The summed E-state index contributed by atoms with van der Waals surface area (Å²) in [6.07, 6.45) is 2.13. The molecule has 17 heavy (non-hydrogen) atoms. The molecule has 0 saturated carbocycles. The lowest BCUT2D eigenvalue weighted by atomic mass is 10.1. The van der Waals surface area contributed by atoms with E-state index in [1.807, 2.05) is 0 Å². The third-order valence-corrected chi connectivity index (χ3v) is 2.63. The van der Waals surface area contributed by atoms with Crippen LogP contribution in [0.3, 0.4) is 0 Å². The van der Waals surface area contributed by atoms with E-state index in [4.69, 9.17) is 5.11 Å². The highest BCUT2D eigenvalue weighted by Gasteiger charge is 2.33. The quantitative estimate of drug-likeness (QED) is 0.740. The van der Waals surface area contributed by atoms with E-state index >= 15 is 0 Å². The number of rotatable bonds is 2. The molecule has 0 aliphatic carbocycles. The summed E-state index contributed by atoms with van der Waals surface area (Å²) in [5, 5.41) is 12.8. The molecule has 0 atom stereocenters. The minimum absolute atomic E-state index is 0.0344. The molecule has 1 fully saturated rings. The molecular formula is C10H11N3O4. The van der Waals surface area contributed by atoms with Crippen LogP contribution in [0.2, 0.25) is 0 Å². The number of hydrogen-bond donors (Lipinski definition) is 1. The smallest absolute Gasteiger partial charge is 0.341 e. The molecule has 1 saturated heterocycles. The van der Waals surface area contributed by atoms with Crippen molar-refractivity contribution in [3.8, 4) is 0 Å². The zero-order valence-electron chi connectivity index (χ0n) is 9.21. The van der Waals surface area contributed by atoms with Crippen molar-refractivity contribution in [1.82, 2.24) is 9.78 Å². The third-order valence-electron chi connectivity index (χ3n) is 2.63. The maximum atomic E-state index is 11.7. The van der Waals surface area contributed by atoms with Crippen LogP contribution in [0.1, 0.15) is 29.6 Å². The number of piperidine rings is 1. The summed E-state index contributed by atoms with van der Waals surface area (Å²) < 4.78 is 1.23. The fourth-order valence-electron chi connectivity index (χ4n) is 1.84. The first-order valence-electron chi connectivity index (χ1n) is 5.13. The Labute approximate surface area is 96.6 Å². The number of anilines is 1. The standard InChI is InChI=1S/C10H11N3O4/c1-12-9(6(5-11-12)10(16)17)13-7(14)3-2-4-8(13)15/h5H,2-4H2,1H3,(H,16,17). The Morgan fingerprint density at radius 1 is 1.35 bits per heavy atom. The van der Waals surface area contributed by atoms with Crippen molar-refractivity contribution in [2.24, 2.45) is 7.05 Å². The minimum Gasteiger partial charge on any atom is -0.477 e. The number of carbonyl (C=O) groups is 3. The molecule has 0 aromatic carbocycles. The highest BCUT2D eigenvalue weighted by atomic mass is 16.4. The van der Waals surface area contributed by atoms with Gasteiger partial charge in [0.05, 0.1) is 6.20 Å². The molecule has 7 nitrogen and oxygen atoms in total. The van der Waals surface area contributed by atoms with E-state index in [1.165, 1.54) is 11.7 Å². The molecular weight excluding hydrogens is 226 g/mol. The first kappa shape index (κ1) is 11.3. The SMILES string of the molecule is Cn1ncc(C(=O)O)c1N1C(=O)CCCC1=O. The minimum atomic E-state index is -1.21. The Balaban J connectivity index is 2.51. The van der Waals surface area contributed by atoms with Crippen molar-refractivity contribution in [2.75, 3.05) is 4.90 Å². The summed E-state index contributed by atoms with van der Waals surface area (Å²) in [5.41, 5.74) is -0.143. The highest BCUT2D eigenvalue weighted by Crippen LogP contribution is 2.25. The van der Waals surface area contributed by atoms with Gasteiger partial charge in [-0.3, -0.25) is 14.3 Å². The van der Waals surface area contributed by atoms with E-state index in [2.05, 4.69) is 5.10 Å². The number of aryl methyl sites for hydroxylation is 1. The van der Waals surface area contributed by atoms with Gasteiger partial charge in [0, 0.05) is 19.9 Å². The second kappa shape index (κ2) is 4.00. The lowest BCUT2D eigenvalue weighted by Gasteiger charge is -2.25. The summed E-state index contributed by atoms with van der Waals surface area (Å²) in [4.78, 5) is 35.3. The van der Waals surface area contributed by atoms with Crippen molar-refractivity contribution in [3.63, 3.8) is 0 Å². The average molecular weight is 237 g/mol. The van der Waals surface area contributed by atoms with Gasteiger partial charge >= 0.3 is 5.97 Å². The molecule has 2 heterocycles. The Hall–Kier alpha value is -2.18. The van der Waals surface area contributed by atoms with Crippen molar-refractivity contribution >= 4 is 23.6 Å². The highest BCUT2D eigenvalue weighted by molar-refractivity contribution is 6.18. The Morgan fingerprint density at radius 3 is 2.47 bits per heavy atom. The van der Waals surface area contributed by atoms with Crippen LogP contribution in [-0.4, -0.2) is 32.7 Å². The molecule has 0 unspecified atom stereocenters. The first-order valence-corrected chi connectivity index (χ1v) is 5.13. The second-order valence-electron chi connectivity index (χ2n) is 3.79. The normalized spacial score (nSPS) is 16.4. The average Bonchev–Trinajstić information content (AvgIpc) is 2.61. The maximum absolute atomic E-state index is 11.7. The fourth-order valence-corrected chi connectivity index (χ4v) is 1.84. The number of aromatic carboxylic acids is 1. The Bertz CT molecular complexity index is 490. The molecule has 0 radical (unpaired) electrons. The zero-order chi connectivity index (χ0) is 12.6. The number of imide groups is 1. The first-order chi connectivity index (χ1) is 8.02. The van der Waals surface area contributed by atoms with Gasteiger partial charge in [-0.05, 0) is 6.42 Å². The van der Waals surface area contributed by atoms with Crippen LogP contribution in [0.4, 0.5) is 5.82 Å². The molecule has 90 valence electrons. The summed E-state index contributed by atoms with van der Waals surface area (Å²) in [6.45, 7) is 0. The molecule has 1 aromatic heterocycles. The Morgan fingerprint density at radius 2 is 1.94 bits per heavy atom. The van der Waals surface area contributed by atoms with Gasteiger partial charge in [-0.25, -0.2) is 9.69 Å². The van der Waals surface area contributed by atoms with Crippen molar-refractivity contribution in [3.05, 3.63) is 11.8 Å². The third kappa shape index (κ3) is 1.79. The number of nitrogens with zero attached hydrogens (tertiary/aromatic N) is 3. The van der Waals surface area contributed by atoms with Gasteiger partial charge in [0.1, 0.15) is 5.56 Å². The topological polar surface area (TPSA) is 92.5 Å². The number of carbonyl (C=O) groups excluding carboxylic acids is 2. The van der Waals surface area contributed by atoms with Gasteiger partial charge in [0.15, 0.2) is 5.82 Å². The van der Waals surface area contributed by atoms with Crippen LogP contribution in [0.25, 0.3) is 0 Å². The molecule has 1 aromatic rings. The van der Waals surface area contributed by atoms with E-state index in [0.717, 1.165) is 11.1 Å². The maximum Gasteiger partial charge on any atom is 0.341 e. The molecule has 1 aliphatic rings. The fraction of sp³-hybridized carbons (Fsp3) is 0.400. The van der Waals surface area contributed by atoms with Crippen LogP contribution in [0.5, 0.6) is 0 Å². The van der Waals surface area contributed by atoms with E-state index in [1.54, 1.807) is 0 Å². The summed E-state index contributed by atoms with van der Waals surface area (Å²) in [6, 6.07) is 0. The summed E-state index contributed by atoms with van der Waals surface area (Å²) in [7, 11) is 1.50. The lowest BCUT2D eigenvalue weighted by Crippen LogP contribution is -2.42. The van der Waals surface area contributed by atoms with Crippen molar-refractivity contribution in [1.29, 1.82) is 0 Å². The van der Waals surface area contributed by atoms with Crippen LogP contribution < -0.4 is 4.90 Å². The van der Waals surface area contributed by atoms with E-state index in [9.17, 15) is 14.4 Å². The number of carboxylic acids is 1. The predicted molar refractivity (Wildman–Crippen MR) is 56.5 cm³/mol. The molecule has 0 spiro atoms. The van der Waals surface area contributed by atoms with Crippen molar-refractivity contribution in [2.45, 2.75) is 19.3 Å². The molecule has 0 bridgehead atoms. The Kier molecular flexibility index (Phi) is 2.66. The zero-order valence-corrected chi connectivity index (χ0v) is 9.21. The second-order valence-corrected chi connectivity index (χ2v) is 3.79. The number of hydrogen-bond acceptors (Lipinski definition) is 4. The van der Waals surface area contributed by atoms with Crippen LogP contribution in [-0.2, 0) is 16.6 Å². The predicted octanol–water partition coefficient (Wildman–Crippen LogP) is 0.162. The molecule has 7 heteroatoms. The molecule has 1 N–H and O–H groups in total. The largest absolute Gasteiger partial charge is 0.477 e. The van der Waals surface area contributed by atoms with Gasteiger partial charge in [-0.15, -0.1) is 0 Å². The molecule has 1 aliphatic heterocycles. The molecule has 2 rings (SSSR count). The molecule has 2 amide bonds.